The lowest BCUT2D eigenvalue weighted by molar-refractivity contribution is 0.879. The molecule has 5 heteroatoms. The van der Waals surface area contributed by atoms with Crippen LogP contribution in [0.4, 0.5) is 5.82 Å². The van der Waals surface area contributed by atoms with E-state index in [9.17, 15) is 0 Å². The second kappa shape index (κ2) is 3.42. The minimum atomic E-state index is 0.354. The first kappa shape index (κ1) is 9.21. The van der Waals surface area contributed by atoms with Crippen LogP contribution in [0.15, 0.2) is 24.7 Å². The molecule has 0 radical (unpaired) electrons. The van der Waals surface area contributed by atoms with Crippen molar-refractivity contribution in [3.63, 3.8) is 0 Å². The van der Waals surface area contributed by atoms with Crippen molar-refractivity contribution in [2.75, 3.05) is 5.73 Å². The fourth-order valence-electron chi connectivity index (χ4n) is 1.34. The van der Waals surface area contributed by atoms with Gasteiger partial charge >= 0.3 is 0 Å². The Balaban J connectivity index is 2.61. The van der Waals surface area contributed by atoms with Crippen molar-refractivity contribution in [1.82, 2.24) is 14.8 Å². The van der Waals surface area contributed by atoms with Crippen LogP contribution in [0.25, 0.3) is 5.69 Å². The first-order chi connectivity index (χ1) is 7.24. The van der Waals surface area contributed by atoms with Gasteiger partial charge in [-0.05, 0) is 18.6 Å². The second-order valence-corrected chi connectivity index (χ2v) is 3.13. The van der Waals surface area contributed by atoms with Gasteiger partial charge in [-0.15, -0.1) is 0 Å². The third kappa shape index (κ3) is 1.42. The van der Waals surface area contributed by atoms with E-state index in [2.05, 4.69) is 10.1 Å². The van der Waals surface area contributed by atoms with Crippen LogP contribution in [0.5, 0.6) is 0 Å². The van der Waals surface area contributed by atoms with Gasteiger partial charge in [-0.1, -0.05) is 0 Å². The number of aromatic nitrogens is 3. The van der Waals surface area contributed by atoms with E-state index in [1.807, 2.05) is 13.0 Å². The lowest BCUT2D eigenvalue weighted by Gasteiger charge is -2.06. The number of pyridine rings is 1. The fraction of sp³-hybridized carbons (Fsp3) is 0.100. The summed E-state index contributed by atoms with van der Waals surface area (Å²) in [6.45, 7) is 1.91. The molecule has 2 N–H and O–H groups in total. The Morgan fingerprint density at radius 1 is 1.47 bits per heavy atom. The lowest BCUT2D eigenvalue weighted by Crippen LogP contribution is -2.04. The number of rotatable bonds is 1. The van der Waals surface area contributed by atoms with Crippen LogP contribution >= 0.6 is 0 Å². The molecule has 0 atom stereocenters. The molecule has 15 heavy (non-hydrogen) atoms. The smallest absolute Gasteiger partial charge is 0.145 e. The van der Waals surface area contributed by atoms with Gasteiger partial charge in [0.25, 0.3) is 0 Å². The van der Waals surface area contributed by atoms with E-state index in [1.165, 1.54) is 10.9 Å². The van der Waals surface area contributed by atoms with Crippen molar-refractivity contribution in [3.8, 4) is 11.8 Å². The highest BCUT2D eigenvalue weighted by molar-refractivity contribution is 5.53. The Bertz CT molecular complexity index is 535. The predicted molar refractivity (Wildman–Crippen MR) is 55.2 cm³/mol. The minimum absolute atomic E-state index is 0.354. The Morgan fingerprint density at radius 3 is 2.87 bits per heavy atom. The van der Waals surface area contributed by atoms with Crippen molar-refractivity contribution in [3.05, 3.63) is 35.8 Å². The molecule has 0 unspecified atom stereocenters. The zero-order chi connectivity index (χ0) is 10.8. The number of anilines is 1. The summed E-state index contributed by atoms with van der Waals surface area (Å²) < 4.78 is 1.54. The van der Waals surface area contributed by atoms with Crippen molar-refractivity contribution in [1.29, 1.82) is 5.26 Å². The first-order valence-corrected chi connectivity index (χ1v) is 4.38. The molecular weight excluding hydrogens is 190 g/mol. The van der Waals surface area contributed by atoms with E-state index < -0.39 is 0 Å². The normalized spacial score (nSPS) is 9.87. The highest BCUT2D eigenvalue weighted by Gasteiger charge is 2.09. The number of nitriles is 1. The number of hydrogen-bond acceptors (Lipinski definition) is 4. The van der Waals surface area contributed by atoms with Crippen LogP contribution in [-0.4, -0.2) is 14.8 Å². The number of nitrogens with zero attached hydrogens (tertiary/aromatic N) is 4. The summed E-state index contributed by atoms with van der Waals surface area (Å²) in [6, 6.07) is 3.79. The topological polar surface area (TPSA) is 80.5 Å². The largest absolute Gasteiger partial charge is 0.382 e. The van der Waals surface area contributed by atoms with Gasteiger partial charge in [-0.25, -0.2) is 4.68 Å². The van der Waals surface area contributed by atoms with E-state index in [0.29, 0.717) is 11.4 Å². The van der Waals surface area contributed by atoms with E-state index in [-0.39, 0.29) is 0 Å². The van der Waals surface area contributed by atoms with Crippen molar-refractivity contribution >= 4 is 5.82 Å². The van der Waals surface area contributed by atoms with Crippen molar-refractivity contribution in [2.45, 2.75) is 6.92 Å². The molecule has 2 aromatic rings. The molecular formula is C10H9N5. The highest BCUT2D eigenvalue weighted by Crippen LogP contribution is 2.18. The summed E-state index contributed by atoms with van der Waals surface area (Å²) in [7, 11) is 0. The summed E-state index contributed by atoms with van der Waals surface area (Å²) in [5.41, 5.74) is 7.95. The molecule has 0 bridgehead atoms. The molecule has 0 saturated carbocycles. The second-order valence-electron chi connectivity index (χ2n) is 3.13. The molecule has 5 nitrogen and oxygen atoms in total. The van der Waals surface area contributed by atoms with Gasteiger partial charge in [0.15, 0.2) is 0 Å². The molecule has 0 fully saturated rings. The minimum Gasteiger partial charge on any atom is -0.382 e. The van der Waals surface area contributed by atoms with Gasteiger partial charge < -0.3 is 5.73 Å². The number of nitrogen functional groups attached to an aromatic ring is 1. The van der Waals surface area contributed by atoms with Crippen LogP contribution in [-0.2, 0) is 0 Å². The molecule has 0 aromatic carbocycles. The number of aryl methyl sites for hydroxylation is 1. The third-order valence-corrected chi connectivity index (χ3v) is 2.15. The summed E-state index contributed by atoms with van der Waals surface area (Å²) >= 11 is 0. The standard InChI is InChI=1S/C10H9N5/c1-7-5-13-3-2-9(7)15-10(12)8(4-11)6-14-15/h2-3,5-6H,12H2,1H3. The summed E-state index contributed by atoms with van der Waals surface area (Å²) in [4.78, 5) is 3.98. The van der Waals surface area contributed by atoms with Gasteiger partial charge in [0.2, 0.25) is 0 Å². The van der Waals surface area contributed by atoms with Crippen LogP contribution < -0.4 is 5.73 Å². The first-order valence-electron chi connectivity index (χ1n) is 4.38. The summed E-state index contributed by atoms with van der Waals surface area (Å²) in [5, 5.41) is 12.8. The average molecular weight is 199 g/mol. The predicted octanol–water partition coefficient (Wildman–Crippen LogP) is 1.03. The van der Waals surface area contributed by atoms with Gasteiger partial charge in [0, 0.05) is 12.4 Å². The van der Waals surface area contributed by atoms with E-state index in [4.69, 9.17) is 11.0 Å². The molecule has 0 aliphatic heterocycles. The van der Waals surface area contributed by atoms with E-state index in [0.717, 1.165) is 11.3 Å². The van der Waals surface area contributed by atoms with Gasteiger partial charge in [0.1, 0.15) is 17.5 Å². The van der Waals surface area contributed by atoms with Crippen LogP contribution in [0.1, 0.15) is 11.1 Å². The summed E-state index contributed by atoms with van der Waals surface area (Å²) in [5.74, 6) is 0.354. The molecule has 2 heterocycles. The third-order valence-electron chi connectivity index (χ3n) is 2.15. The summed E-state index contributed by atoms with van der Waals surface area (Å²) in [6.07, 6.45) is 4.84. The number of nitrogens with two attached hydrogens (primary N) is 1. The molecule has 0 aliphatic rings. The Morgan fingerprint density at radius 2 is 2.27 bits per heavy atom. The fourth-order valence-corrected chi connectivity index (χ4v) is 1.34. The lowest BCUT2D eigenvalue weighted by atomic mass is 10.2. The Kier molecular flexibility index (Phi) is 2.10. The highest BCUT2D eigenvalue weighted by atomic mass is 15.3. The monoisotopic (exact) mass is 199 g/mol. The molecule has 2 aromatic heterocycles. The molecule has 0 saturated heterocycles. The van der Waals surface area contributed by atoms with E-state index in [1.54, 1.807) is 18.5 Å². The van der Waals surface area contributed by atoms with Gasteiger partial charge in [-0.3, -0.25) is 4.98 Å². The maximum atomic E-state index is 8.75. The van der Waals surface area contributed by atoms with E-state index >= 15 is 0 Å². The molecule has 2 rings (SSSR count). The van der Waals surface area contributed by atoms with Crippen molar-refractivity contribution in [2.24, 2.45) is 0 Å². The van der Waals surface area contributed by atoms with Crippen LogP contribution in [0.3, 0.4) is 0 Å². The maximum Gasteiger partial charge on any atom is 0.145 e. The molecule has 0 amide bonds. The average Bonchev–Trinajstić information content (AvgIpc) is 2.60. The SMILES string of the molecule is Cc1cnccc1-n1ncc(C#N)c1N. The molecule has 0 spiro atoms. The number of hydrogen-bond donors (Lipinski definition) is 1. The Hall–Kier alpha value is -2.35. The van der Waals surface area contributed by atoms with Crippen LogP contribution in [0, 0.1) is 18.3 Å². The molecule has 0 aliphatic carbocycles. The zero-order valence-electron chi connectivity index (χ0n) is 8.18. The van der Waals surface area contributed by atoms with Gasteiger partial charge in [-0.2, -0.15) is 10.4 Å². The maximum absolute atomic E-state index is 8.75. The Labute approximate surface area is 86.8 Å². The van der Waals surface area contributed by atoms with Crippen LogP contribution in [0.2, 0.25) is 0 Å². The molecule has 74 valence electrons. The van der Waals surface area contributed by atoms with Gasteiger partial charge in [0.05, 0.1) is 11.9 Å². The zero-order valence-corrected chi connectivity index (χ0v) is 8.18. The quantitative estimate of drug-likeness (QED) is 0.743. The van der Waals surface area contributed by atoms with Crippen molar-refractivity contribution < 1.29 is 0 Å².